The van der Waals surface area contributed by atoms with Crippen LogP contribution in [0.25, 0.3) is 11.3 Å². The molecule has 5 aromatic rings. The first-order valence-electron chi connectivity index (χ1n) is 13.3. The Labute approximate surface area is 262 Å². The van der Waals surface area contributed by atoms with Crippen LogP contribution in [0.4, 0.5) is 16.5 Å². The molecule has 10 heteroatoms. The molecule has 3 N–H and O–H groups in total. The van der Waals surface area contributed by atoms with Gasteiger partial charge in [0, 0.05) is 37.9 Å². The Hall–Kier alpha value is -4.80. The number of aromatic nitrogens is 1. The summed E-state index contributed by atoms with van der Waals surface area (Å²) in [6.45, 7) is 3.79. The number of thiazole rings is 1. The van der Waals surface area contributed by atoms with E-state index in [1.807, 2.05) is 79.9 Å². The van der Waals surface area contributed by atoms with Crippen LogP contribution < -0.4 is 20.8 Å². The Balaban J connectivity index is 1.17. The highest BCUT2D eigenvalue weighted by atomic mass is 79.9. The van der Waals surface area contributed by atoms with E-state index in [2.05, 4.69) is 42.1 Å². The number of hydrogen-bond donors (Lipinski definition) is 3. The lowest BCUT2D eigenvalue weighted by atomic mass is 10.1. The van der Waals surface area contributed by atoms with Gasteiger partial charge in [0.1, 0.15) is 5.75 Å². The molecule has 43 heavy (non-hydrogen) atoms. The number of carbonyl (C=O) groups is 2. The van der Waals surface area contributed by atoms with Gasteiger partial charge in [-0.3, -0.25) is 9.59 Å². The number of carbonyl (C=O) groups excluding carboxylic acids is 2. The Kier molecular flexibility index (Phi) is 9.60. The number of amides is 2. The van der Waals surface area contributed by atoms with Crippen LogP contribution in [-0.4, -0.2) is 29.6 Å². The summed E-state index contributed by atoms with van der Waals surface area (Å²) in [5.74, 6) is -0.198. The minimum absolute atomic E-state index is 0.183. The molecule has 1 heterocycles. The van der Waals surface area contributed by atoms with Crippen LogP contribution >= 0.6 is 27.3 Å². The number of ether oxygens (including phenoxy) is 1. The van der Waals surface area contributed by atoms with Crippen LogP contribution in [0, 0.1) is 13.8 Å². The van der Waals surface area contributed by atoms with E-state index in [1.54, 1.807) is 30.3 Å². The quantitative estimate of drug-likeness (QED) is 0.106. The van der Waals surface area contributed by atoms with Crippen molar-refractivity contribution in [2.45, 2.75) is 13.8 Å². The van der Waals surface area contributed by atoms with E-state index in [0.29, 0.717) is 16.9 Å². The van der Waals surface area contributed by atoms with Crippen molar-refractivity contribution in [3.05, 3.63) is 123 Å². The minimum Gasteiger partial charge on any atom is -0.483 e. The normalized spacial score (nSPS) is 10.9. The zero-order chi connectivity index (χ0) is 30.2. The predicted octanol–water partition coefficient (Wildman–Crippen LogP) is 7.71. The standard InChI is InChI=1S/C33H28BrN5O3S/c1-21-7-14-27(15-8-21)36-33-38-29(20-43-33)23-9-11-24(12-10-23)32(41)39-35-18-25-17-26(34)13-16-30(25)42-19-31(40)37-28-6-4-3-5-22(28)2/h3-18,20H,19H2,1-2H3,(H,36,38)(H,37,40)(H,39,41)/b35-18+. The lowest BCUT2D eigenvalue weighted by Gasteiger charge is -2.11. The number of nitrogens with zero attached hydrogens (tertiary/aromatic N) is 2. The summed E-state index contributed by atoms with van der Waals surface area (Å²) >= 11 is 4.95. The zero-order valence-corrected chi connectivity index (χ0v) is 25.8. The van der Waals surface area contributed by atoms with Gasteiger partial charge in [0.15, 0.2) is 11.7 Å². The number of hydrazone groups is 1. The van der Waals surface area contributed by atoms with Crippen LogP contribution in [0.3, 0.4) is 0 Å². The number of halogens is 1. The third-order valence-corrected chi connectivity index (χ3v) is 7.62. The third kappa shape index (κ3) is 8.15. The van der Waals surface area contributed by atoms with Gasteiger partial charge in [-0.1, -0.05) is 64.0 Å². The van der Waals surface area contributed by atoms with Crippen molar-refractivity contribution in [1.29, 1.82) is 0 Å². The summed E-state index contributed by atoms with van der Waals surface area (Å²) in [6.07, 6.45) is 1.48. The number of aryl methyl sites for hydroxylation is 2. The molecule has 2 amide bonds. The lowest BCUT2D eigenvalue weighted by molar-refractivity contribution is -0.118. The first-order chi connectivity index (χ1) is 20.8. The Morgan fingerprint density at radius 1 is 0.977 bits per heavy atom. The fourth-order valence-corrected chi connectivity index (χ4v) is 5.15. The van der Waals surface area contributed by atoms with Crippen molar-refractivity contribution < 1.29 is 14.3 Å². The van der Waals surface area contributed by atoms with Gasteiger partial charge in [-0.15, -0.1) is 11.3 Å². The number of benzene rings is 4. The van der Waals surface area contributed by atoms with E-state index in [1.165, 1.54) is 23.1 Å². The second-order valence-corrected chi connectivity index (χ2v) is 11.4. The fraction of sp³-hybridized carbons (Fsp3) is 0.0909. The Bertz CT molecular complexity index is 1770. The summed E-state index contributed by atoms with van der Waals surface area (Å²) in [5, 5.41) is 13.0. The second kappa shape index (κ2) is 13.9. The molecular weight excluding hydrogens is 626 g/mol. The molecule has 0 fully saturated rings. The summed E-state index contributed by atoms with van der Waals surface area (Å²) in [5.41, 5.74) is 9.17. The van der Waals surface area contributed by atoms with Gasteiger partial charge in [-0.05, 0) is 67.9 Å². The second-order valence-electron chi connectivity index (χ2n) is 9.64. The van der Waals surface area contributed by atoms with Gasteiger partial charge in [0.2, 0.25) is 0 Å². The van der Waals surface area contributed by atoms with E-state index >= 15 is 0 Å². The highest BCUT2D eigenvalue weighted by Crippen LogP contribution is 2.28. The van der Waals surface area contributed by atoms with E-state index in [0.717, 1.165) is 37.8 Å². The van der Waals surface area contributed by atoms with Crippen molar-refractivity contribution in [1.82, 2.24) is 10.4 Å². The van der Waals surface area contributed by atoms with Gasteiger partial charge < -0.3 is 15.4 Å². The Morgan fingerprint density at radius 3 is 2.51 bits per heavy atom. The van der Waals surface area contributed by atoms with Crippen molar-refractivity contribution in [3.8, 4) is 17.0 Å². The molecule has 5 rings (SSSR count). The summed E-state index contributed by atoms with van der Waals surface area (Å²) in [4.78, 5) is 29.8. The molecule has 0 atom stereocenters. The average Bonchev–Trinajstić information content (AvgIpc) is 3.47. The van der Waals surface area contributed by atoms with Crippen molar-refractivity contribution in [3.63, 3.8) is 0 Å². The summed E-state index contributed by atoms with van der Waals surface area (Å²) in [7, 11) is 0. The fourth-order valence-electron chi connectivity index (χ4n) is 4.04. The first kappa shape index (κ1) is 29.7. The number of rotatable bonds is 10. The molecule has 0 saturated carbocycles. The lowest BCUT2D eigenvalue weighted by Crippen LogP contribution is -2.21. The van der Waals surface area contributed by atoms with Crippen molar-refractivity contribution in [2.24, 2.45) is 5.10 Å². The summed E-state index contributed by atoms with van der Waals surface area (Å²) < 4.78 is 6.55. The molecule has 0 aliphatic rings. The highest BCUT2D eigenvalue weighted by Gasteiger charge is 2.10. The maximum absolute atomic E-state index is 12.7. The largest absolute Gasteiger partial charge is 0.483 e. The molecular formula is C33H28BrN5O3S. The summed E-state index contributed by atoms with van der Waals surface area (Å²) in [6, 6.07) is 28.1. The molecule has 216 valence electrons. The highest BCUT2D eigenvalue weighted by molar-refractivity contribution is 9.10. The van der Waals surface area contributed by atoms with Gasteiger partial charge in [0.05, 0.1) is 11.9 Å². The van der Waals surface area contributed by atoms with Crippen LogP contribution in [0.5, 0.6) is 5.75 Å². The monoisotopic (exact) mass is 653 g/mol. The van der Waals surface area contributed by atoms with Gasteiger partial charge in [-0.25, -0.2) is 10.4 Å². The van der Waals surface area contributed by atoms with Crippen LogP contribution in [0.2, 0.25) is 0 Å². The van der Waals surface area contributed by atoms with Gasteiger partial charge in [0.25, 0.3) is 11.8 Å². The van der Waals surface area contributed by atoms with E-state index in [9.17, 15) is 9.59 Å². The zero-order valence-electron chi connectivity index (χ0n) is 23.4. The Morgan fingerprint density at radius 2 is 1.74 bits per heavy atom. The number of nitrogens with one attached hydrogen (secondary N) is 3. The molecule has 0 saturated heterocycles. The molecule has 1 aromatic heterocycles. The molecule has 0 unspecified atom stereocenters. The first-order valence-corrected chi connectivity index (χ1v) is 15.0. The van der Waals surface area contributed by atoms with E-state index in [-0.39, 0.29) is 18.4 Å². The van der Waals surface area contributed by atoms with Gasteiger partial charge in [-0.2, -0.15) is 5.10 Å². The number of para-hydroxylation sites is 1. The molecule has 0 radical (unpaired) electrons. The van der Waals surface area contributed by atoms with Crippen molar-refractivity contribution >= 4 is 61.8 Å². The van der Waals surface area contributed by atoms with Crippen LogP contribution in [-0.2, 0) is 4.79 Å². The molecule has 0 aliphatic heterocycles. The smallest absolute Gasteiger partial charge is 0.271 e. The number of hydrogen-bond acceptors (Lipinski definition) is 7. The van der Waals surface area contributed by atoms with Crippen LogP contribution in [0.15, 0.2) is 106 Å². The van der Waals surface area contributed by atoms with E-state index in [4.69, 9.17) is 4.74 Å². The SMILES string of the molecule is Cc1ccc(Nc2nc(-c3ccc(C(=O)N/N=C/c4cc(Br)ccc4OCC(=O)Nc4ccccc4C)cc3)cs2)cc1. The molecule has 8 nitrogen and oxygen atoms in total. The minimum atomic E-state index is -0.363. The maximum atomic E-state index is 12.7. The third-order valence-electron chi connectivity index (χ3n) is 6.37. The molecule has 0 spiro atoms. The molecule has 4 aromatic carbocycles. The maximum Gasteiger partial charge on any atom is 0.271 e. The van der Waals surface area contributed by atoms with Gasteiger partial charge >= 0.3 is 0 Å². The number of anilines is 3. The molecule has 0 bridgehead atoms. The van der Waals surface area contributed by atoms with E-state index < -0.39 is 0 Å². The van der Waals surface area contributed by atoms with Crippen molar-refractivity contribution in [2.75, 3.05) is 17.2 Å². The topological polar surface area (TPSA) is 105 Å². The average molecular weight is 655 g/mol. The molecule has 0 aliphatic carbocycles. The predicted molar refractivity (Wildman–Crippen MR) is 177 cm³/mol. The van der Waals surface area contributed by atoms with Crippen LogP contribution in [0.1, 0.15) is 27.0 Å².